The van der Waals surface area contributed by atoms with Crippen LogP contribution >= 0.6 is 0 Å². The highest BCUT2D eigenvalue weighted by Gasteiger charge is 2.22. The lowest BCUT2D eigenvalue weighted by Crippen LogP contribution is -2.47. The SMILES string of the molecule is CCCC(C)NC(CC(C)C)C(=O)N(C)C. The molecule has 0 saturated carbocycles. The number of carbonyl (C=O) groups is 1. The smallest absolute Gasteiger partial charge is 0.239 e. The summed E-state index contributed by atoms with van der Waals surface area (Å²) < 4.78 is 0. The predicted molar refractivity (Wildman–Crippen MR) is 69.4 cm³/mol. The molecule has 0 spiro atoms. The van der Waals surface area contributed by atoms with Gasteiger partial charge in [0, 0.05) is 20.1 Å². The molecule has 0 rings (SSSR count). The first-order valence-corrected chi connectivity index (χ1v) is 6.35. The minimum absolute atomic E-state index is 0.0310. The van der Waals surface area contributed by atoms with E-state index < -0.39 is 0 Å². The van der Waals surface area contributed by atoms with Gasteiger partial charge in [-0.3, -0.25) is 4.79 Å². The second-order valence-corrected chi connectivity index (χ2v) is 5.27. The molecule has 0 aromatic rings. The van der Waals surface area contributed by atoms with Gasteiger partial charge in [0.15, 0.2) is 0 Å². The number of nitrogens with one attached hydrogen (secondary N) is 1. The van der Waals surface area contributed by atoms with E-state index in [1.54, 1.807) is 4.90 Å². The van der Waals surface area contributed by atoms with Crippen molar-refractivity contribution < 1.29 is 4.79 Å². The Hall–Kier alpha value is -0.570. The lowest BCUT2D eigenvalue weighted by Gasteiger charge is -2.26. The van der Waals surface area contributed by atoms with Crippen LogP contribution in [0.1, 0.15) is 47.0 Å². The Kier molecular flexibility index (Phi) is 7.39. The zero-order chi connectivity index (χ0) is 12.7. The second kappa shape index (κ2) is 7.66. The Morgan fingerprint density at radius 2 is 1.81 bits per heavy atom. The average Bonchev–Trinajstić information content (AvgIpc) is 2.15. The van der Waals surface area contributed by atoms with Gasteiger partial charge >= 0.3 is 0 Å². The van der Waals surface area contributed by atoms with Crippen LogP contribution in [0.2, 0.25) is 0 Å². The van der Waals surface area contributed by atoms with Crippen LogP contribution in [0.25, 0.3) is 0 Å². The number of hydrogen-bond acceptors (Lipinski definition) is 2. The average molecular weight is 228 g/mol. The molecule has 0 fully saturated rings. The Balaban J connectivity index is 4.36. The van der Waals surface area contributed by atoms with Crippen LogP contribution in [0.3, 0.4) is 0 Å². The van der Waals surface area contributed by atoms with Gasteiger partial charge in [-0.25, -0.2) is 0 Å². The topological polar surface area (TPSA) is 32.3 Å². The number of amides is 1. The molecule has 0 aromatic carbocycles. The maximum Gasteiger partial charge on any atom is 0.239 e. The third-order valence-corrected chi connectivity index (χ3v) is 2.65. The molecule has 96 valence electrons. The van der Waals surface area contributed by atoms with Crippen molar-refractivity contribution in [2.24, 2.45) is 5.92 Å². The van der Waals surface area contributed by atoms with Crippen molar-refractivity contribution in [3.8, 4) is 0 Å². The minimum atomic E-state index is -0.0310. The number of carbonyl (C=O) groups excluding carboxylic acids is 1. The number of nitrogens with zero attached hydrogens (tertiary/aromatic N) is 1. The summed E-state index contributed by atoms with van der Waals surface area (Å²) in [4.78, 5) is 13.7. The molecule has 3 heteroatoms. The third kappa shape index (κ3) is 6.11. The van der Waals surface area contributed by atoms with Crippen molar-refractivity contribution in [1.82, 2.24) is 10.2 Å². The first-order chi connectivity index (χ1) is 7.38. The molecule has 2 unspecified atom stereocenters. The number of rotatable bonds is 7. The van der Waals surface area contributed by atoms with Gasteiger partial charge in [0.2, 0.25) is 5.91 Å². The Morgan fingerprint density at radius 3 is 2.19 bits per heavy atom. The molecule has 1 N–H and O–H groups in total. The van der Waals surface area contributed by atoms with Crippen molar-refractivity contribution in [2.75, 3.05) is 14.1 Å². The van der Waals surface area contributed by atoms with E-state index in [0.29, 0.717) is 12.0 Å². The largest absolute Gasteiger partial charge is 0.347 e. The van der Waals surface area contributed by atoms with Gasteiger partial charge in [-0.1, -0.05) is 27.2 Å². The van der Waals surface area contributed by atoms with Crippen molar-refractivity contribution in [3.05, 3.63) is 0 Å². The van der Waals surface area contributed by atoms with Crippen LogP contribution < -0.4 is 5.32 Å². The summed E-state index contributed by atoms with van der Waals surface area (Å²) in [6.07, 6.45) is 3.18. The maximum atomic E-state index is 12.0. The molecule has 0 heterocycles. The predicted octanol–water partition coefficient (Wildman–Crippen LogP) is 2.27. The summed E-state index contributed by atoms with van der Waals surface area (Å²) in [6, 6.07) is 0.384. The lowest BCUT2D eigenvalue weighted by atomic mass is 10.0. The van der Waals surface area contributed by atoms with Gasteiger partial charge in [0.25, 0.3) is 0 Å². The van der Waals surface area contributed by atoms with Crippen LogP contribution in [0.4, 0.5) is 0 Å². The van der Waals surface area contributed by atoms with Gasteiger partial charge in [-0.2, -0.15) is 0 Å². The van der Waals surface area contributed by atoms with E-state index >= 15 is 0 Å². The van der Waals surface area contributed by atoms with Gasteiger partial charge in [0.1, 0.15) is 0 Å². The molecule has 3 nitrogen and oxygen atoms in total. The summed E-state index contributed by atoms with van der Waals surface area (Å²) in [7, 11) is 3.64. The van der Waals surface area contributed by atoms with E-state index in [9.17, 15) is 4.79 Å². The highest BCUT2D eigenvalue weighted by Crippen LogP contribution is 2.09. The summed E-state index contributed by atoms with van der Waals surface area (Å²) in [5.74, 6) is 0.729. The molecule has 1 amide bonds. The quantitative estimate of drug-likeness (QED) is 0.725. The zero-order valence-electron chi connectivity index (χ0n) is 11.7. The normalized spacial score (nSPS) is 14.9. The lowest BCUT2D eigenvalue weighted by molar-refractivity contribution is -0.131. The van der Waals surface area contributed by atoms with Gasteiger partial charge in [0.05, 0.1) is 6.04 Å². The third-order valence-electron chi connectivity index (χ3n) is 2.65. The zero-order valence-corrected chi connectivity index (χ0v) is 11.7. The van der Waals surface area contributed by atoms with Gasteiger partial charge in [-0.05, 0) is 25.7 Å². The van der Waals surface area contributed by atoms with Crippen molar-refractivity contribution in [1.29, 1.82) is 0 Å². The Morgan fingerprint density at radius 1 is 1.25 bits per heavy atom. The summed E-state index contributed by atoms with van der Waals surface area (Å²) in [6.45, 7) is 8.63. The first kappa shape index (κ1) is 15.4. The van der Waals surface area contributed by atoms with E-state index in [2.05, 4.69) is 33.0 Å². The molecule has 0 saturated heterocycles. The van der Waals surface area contributed by atoms with Crippen LogP contribution in [-0.4, -0.2) is 37.0 Å². The fraction of sp³-hybridized carbons (Fsp3) is 0.923. The molecular formula is C13H28N2O. The molecule has 0 aromatic heterocycles. The van der Waals surface area contributed by atoms with E-state index in [1.807, 2.05) is 14.1 Å². The highest BCUT2D eigenvalue weighted by atomic mass is 16.2. The fourth-order valence-corrected chi connectivity index (χ4v) is 1.88. The first-order valence-electron chi connectivity index (χ1n) is 6.35. The summed E-state index contributed by atoms with van der Waals surface area (Å²) >= 11 is 0. The molecule has 2 atom stereocenters. The van der Waals surface area contributed by atoms with E-state index in [4.69, 9.17) is 0 Å². The Labute approximate surface area is 101 Å². The molecule has 0 aliphatic heterocycles. The van der Waals surface area contributed by atoms with Gasteiger partial charge in [-0.15, -0.1) is 0 Å². The second-order valence-electron chi connectivity index (χ2n) is 5.27. The highest BCUT2D eigenvalue weighted by molar-refractivity contribution is 5.81. The monoisotopic (exact) mass is 228 g/mol. The number of likely N-dealkylation sites (N-methyl/N-ethyl adjacent to an activating group) is 1. The van der Waals surface area contributed by atoms with Crippen LogP contribution in [0.5, 0.6) is 0 Å². The molecule has 16 heavy (non-hydrogen) atoms. The molecule has 0 bridgehead atoms. The summed E-state index contributed by atoms with van der Waals surface area (Å²) in [5.41, 5.74) is 0. The Bertz CT molecular complexity index is 202. The maximum absolute atomic E-state index is 12.0. The molecule has 0 aliphatic carbocycles. The van der Waals surface area contributed by atoms with Crippen LogP contribution in [0, 0.1) is 5.92 Å². The molecule has 0 aliphatic rings. The van der Waals surface area contributed by atoms with Crippen molar-refractivity contribution >= 4 is 5.91 Å². The molecular weight excluding hydrogens is 200 g/mol. The minimum Gasteiger partial charge on any atom is -0.347 e. The number of hydrogen-bond donors (Lipinski definition) is 1. The van der Waals surface area contributed by atoms with E-state index in [0.717, 1.165) is 19.3 Å². The van der Waals surface area contributed by atoms with Crippen molar-refractivity contribution in [3.63, 3.8) is 0 Å². The van der Waals surface area contributed by atoms with Crippen LogP contribution in [-0.2, 0) is 4.79 Å². The van der Waals surface area contributed by atoms with Crippen molar-refractivity contribution in [2.45, 2.75) is 59.0 Å². The van der Waals surface area contributed by atoms with E-state index in [-0.39, 0.29) is 11.9 Å². The van der Waals surface area contributed by atoms with Crippen LogP contribution in [0.15, 0.2) is 0 Å². The fourth-order valence-electron chi connectivity index (χ4n) is 1.88. The van der Waals surface area contributed by atoms with E-state index in [1.165, 1.54) is 0 Å². The standard InChI is InChI=1S/C13H28N2O/c1-7-8-11(4)14-12(9-10(2)3)13(16)15(5)6/h10-12,14H,7-9H2,1-6H3. The van der Waals surface area contributed by atoms with Gasteiger partial charge < -0.3 is 10.2 Å². The summed E-state index contributed by atoms with van der Waals surface area (Å²) in [5, 5.41) is 3.44. The molecule has 0 radical (unpaired) electrons.